The van der Waals surface area contributed by atoms with Crippen LogP contribution in [0.15, 0.2) is 29.3 Å². The minimum Gasteiger partial charge on any atom is -0.492 e. The molecule has 0 aromatic heterocycles. The maximum atomic E-state index is 11.9. The molecule has 0 saturated carbocycles. The van der Waals surface area contributed by atoms with Gasteiger partial charge in [0.05, 0.1) is 13.2 Å². The van der Waals surface area contributed by atoms with Gasteiger partial charge in [-0.3, -0.25) is 0 Å². The van der Waals surface area contributed by atoms with Gasteiger partial charge in [0.25, 0.3) is 0 Å². The monoisotopic (exact) mass is 447 g/mol. The fraction of sp³-hybridized carbons (Fsp3) is 0.667. The second kappa shape index (κ2) is 14.6. The van der Waals surface area contributed by atoms with Crippen LogP contribution < -0.4 is 15.4 Å². The molecule has 2 rings (SSSR count). The minimum absolute atomic E-state index is 0.216. The molecule has 1 heterocycles. The van der Waals surface area contributed by atoms with E-state index in [4.69, 9.17) is 14.5 Å². The van der Waals surface area contributed by atoms with E-state index in [-0.39, 0.29) is 6.09 Å². The second-order valence-electron chi connectivity index (χ2n) is 7.82. The van der Waals surface area contributed by atoms with Crippen LogP contribution in [0, 0.1) is 0 Å². The molecular formula is C24H41N5O3. The van der Waals surface area contributed by atoms with Crippen LogP contribution in [-0.4, -0.2) is 80.4 Å². The van der Waals surface area contributed by atoms with Crippen molar-refractivity contribution in [3.63, 3.8) is 0 Å². The smallest absolute Gasteiger partial charge is 0.409 e. The van der Waals surface area contributed by atoms with Crippen molar-refractivity contribution < 1.29 is 14.3 Å². The number of rotatable bonds is 11. The van der Waals surface area contributed by atoms with Crippen LogP contribution >= 0.6 is 0 Å². The molecule has 8 nitrogen and oxygen atoms in total. The van der Waals surface area contributed by atoms with Crippen molar-refractivity contribution in [3.05, 3.63) is 29.8 Å². The van der Waals surface area contributed by atoms with Gasteiger partial charge in [-0.05, 0) is 57.5 Å². The van der Waals surface area contributed by atoms with Gasteiger partial charge in [-0.25, -0.2) is 9.79 Å². The second-order valence-corrected chi connectivity index (χ2v) is 7.82. The summed E-state index contributed by atoms with van der Waals surface area (Å²) in [5, 5.41) is 6.83. The third-order valence-electron chi connectivity index (χ3n) is 5.62. The molecule has 180 valence electrons. The highest BCUT2D eigenvalue weighted by atomic mass is 16.6. The van der Waals surface area contributed by atoms with E-state index in [0.717, 1.165) is 56.3 Å². The van der Waals surface area contributed by atoms with E-state index in [0.29, 0.717) is 38.9 Å². The SMILES string of the molecule is CCNC(=NCc1ccc(OCCN(CC)CC)cc1)NC1CCN(C(=O)OCC)CC1. The van der Waals surface area contributed by atoms with Gasteiger partial charge in [-0.15, -0.1) is 0 Å². The number of hydrogen-bond donors (Lipinski definition) is 2. The molecule has 8 heteroatoms. The Balaban J connectivity index is 1.80. The molecule has 1 saturated heterocycles. The van der Waals surface area contributed by atoms with Crippen LogP contribution in [0.5, 0.6) is 5.75 Å². The number of guanidine groups is 1. The highest BCUT2D eigenvalue weighted by Gasteiger charge is 2.24. The van der Waals surface area contributed by atoms with E-state index in [9.17, 15) is 4.79 Å². The third-order valence-corrected chi connectivity index (χ3v) is 5.62. The van der Waals surface area contributed by atoms with E-state index in [1.807, 2.05) is 19.1 Å². The summed E-state index contributed by atoms with van der Waals surface area (Å²) in [6.07, 6.45) is 1.54. The molecular weight excluding hydrogens is 406 g/mol. The summed E-state index contributed by atoms with van der Waals surface area (Å²) < 4.78 is 11.0. The van der Waals surface area contributed by atoms with Crippen molar-refractivity contribution in [2.45, 2.75) is 53.1 Å². The molecule has 2 N–H and O–H groups in total. The Bertz CT molecular complexity index is 683. The average molecular weight is 448 g/mol. The van der Waals surface area contributed by atoms with Crippen molar-refractivity contribution in [1.29, 1.82) is 0 Å². The zero-order valence-electron chi connectivity index (χ0n) is 20.2. The number of aliphatic imine (C=N–C) groups is 1. The lowest BCUT2D eigenvalue weighted by Gasteiger charge is -2.32. The van der Waals surface area contributed by atoms with Crippen molar-refractivity contribution in [2.24, 2.45) is 4.99 Å². The fourth-order valence-electron chi connectivity index (χ4n) is 3.63. The quantitative estimate of drug-likeness (QED) is 0.401. The van der Waals surface area contributed by atoms with Crippen molar-refractivity contribution >= 4 is 12.1 Å². The topological polar surface area (TPSA) is 78.4 Å². The molecule has 0 spiro atoms. The van der Waals surface area contributed by atoms with Crippen molar-refractivity contribution in [2.75, 3.05) is 52.5 Å². The van der Waals surface area contributed by atoms with Crippen LogP contribution in [0.2, 0.25) is 0 Å². The Morgan fingerprint density at radius 2 is 1.81 bits per heavy atom. The molecule has 1 fully saturated rings. The molecule has 0 atom stereocenters. The number of piperidine rings is 1. The Kier molecular flexibility index (Phi) is 11.7. The largest absolute Gasteiger partial charge is 0.492 e. The first-order valence-electron chi connectivity index (χ1n) is 12.0. The van der Waals surface area contributed by atoms with Gasteiger partial charge in [0.1, 0.15) is 12.4 Å². The van der Waals surface area contributed by atoms with Crippen LogP contribution in [0.3, 0.4) is 0 Å². The number of hydrogen-bond acceptors (Lipinski definition) is 5. The van der Waals surface area contributed by atoms with E-state index >= 15 is 0 Å². The number of carbonyl (C=O) groups excluding carboxylic acids is 1. The number of nitrogens with zero attached hydrogens (tertiary/aromatic N) is 3. The first-order valence-corrected chi connectivity index (χ1v) is 12.0. The van der Waals surface area contributed by atoms with Crippen LogP contribution in [0.25, 0.3) is 0 Å². The lowest BCUT2D eigenvalue weighted by atomic mass is 10.1. The molecule has 0 radical (unpaired) electrons. The van der Waals surface area contributed by atoms with Gasteiger partial charge < -0.3 is 29.9 Å². The first-order chi connectivity index (χ1) is 15.6. The number of carbonyl (C=O) groups is 1. The van der Waals surface area contributed by atoms with Gasteiger partial charge in [-0.1, -0.05) is 26.0 Å². The number of benzene rings is 1. The van der Waals surface area contributed by atoms with Crippen LogP contribution in [-0.2, 0) is 11.3 Å². The predicted molar refractivity (Wildman–Crippen MR) is 129 cm³/mol. The summed E-state index contributed by atoms with van der Waals surface area (Å²) in [5.41, 5.74) is 1.13. The number of ether oxygens (including phenoxy) is 2. The molecule has 1 aliphatic rings. The summed E-state index contributed by atoms with van der Waals surface area (Å²) in [6.45, 7) is 15.2. The Morgan fingerprint density at radius 1 is 1.12 bits per heavy atom. The molecule has 32 heavy (non-hydrogen) atoms. The molecule has 1 amide bonds. The lowest BCUT2D eigenvalue weighted by molar-refractivity contribution is 0.0963. The highest BCUT2D eigenvalue weighted by molar-refractivity contribution is 5.80. The van der Waals surface area contributed by atoms with E-state index in [1.54, 1.807) is 4.90 Å². The van der Waals surface area contributed by atoms with Crippen LogP contribution in [0.4, 0.5) is 4.79 Å². The summed E-state index contributed by atoms with van der Waals surface area (Å²) in [4.78, 5) is 20.7. The van der Waals surface area contributed by atoms with Crippen molar-refractivity contribution in [3.8, 4) is 5.75 Å². The zero-order chi connectivity index (χ0) is 23.2. The Morgan fingerprint density at radius 3 is 2.41 bits per heavy atom. The molecule has 0 bridgehead atoms. The fourth-order valence-corrected chi connectivity index (χ4v) is 3.63. The Labute approximate surface area is 193 Å². The number of amides is 1. The summed E-state index contributed by atoms with van der Waals surface area (Å²) >= 11 is 0. The minimum atomic E-state index is -0.216. The van der Waals surface area contributed by atoms with Gasteiger partial charge in [0.15, 0.2) is 5.96 Å². The zero-order valence-corrected chi connectivity index (χ0v) is 20.2. The van der Waals surface area contributed by atoms with Gasteiger partial charge >= 0.3 is 6.09 Å². The van der Waals surface area contributed by atoms with Gasteiger partial charge in [0.2, 0.25) is 0 Å². The van der Waals surface area contributed by atoms with Crippen LogP contribution in [0.1, 0.15) is 46.1 Å². The normalized spacial score (nSPS) is 15.0. The maximum absolute atomic E-state index is 11.9. The average Bonchev–Trinajstić information content (AvgIpc) is 2.82. The standard InChI is InChI=1S/C24H41N5O3/c1-5-25-23(27-21-13-15-29(16-14-21)24(30)31-8-4)26-19-20-9-11-22(12-10-20)32-18-17-28(6-2)7-3/h9-12,21H,5-8,13-19H2,1-4H3,(H2,25,26,27). The van der Waals surface area contributed by atoms with Crippen molar-refractivity contribution in [1.82, 2.24) is 20.4 Å². The van der Waals surface area contributed by atoms with E-state index in [1.165, 1.54) is 0 Å². The molecule has 1 aromatic rings. The number of nitrogens with one attached hydrogen (secondary N) is 2. The lowest BCUT2D eigenvalue weighted by Crippen LogP contribution is -2.49. The molecule has 1 aliphatic heterocycles. The van der Waals surface area contributed by atoms with Gasteiger partial charge in [-0.2, -0.15) is 0 Å². The molecule has 0 unspecified atom stereocenters. The third kappa shape index (κ3) is 8.94. The van der Waals surface area contributed by atoms with Gasteiger partial charge in [0, 0.05) is 32.2 Å². The Hall–Kier alpha value is -2.48. The number of likely N-dealkylation sites (N-methyl/N-ethyl adjacent to an activating group) is 1. The number of likely N-dealkylation sites (tertiary alicyclic amines) is 1. The molecule has 1 aromatic carbocycles. The summed E-state index contributed by atoms with van der Waals surface area (Å²) in [5.74, 6) is 1.70. The maximum Gasteiger partial charge on any atom is 0.409 e. The predicted octanol–water partition coefficient (Wildman–Crippen LogP) is 3.08. The summed E-state index contributed by atoms with van der Waals surface area (Å²) in [7, 11) is 0. The summed E-state index contributed by atoms with van der Waals surface area (Å²) in [6, 6.07) is 8.45. The molecule has 0 aliphatic carbocycles. The van der Waals surface area contributed by atoms with E-state index < -0.39 is 0 Å². The highest BCUT2D eigenvalue weighted by Crippen LogP contribution is 2.14. The van der Waals surface area contributed by atoms with E-state index in [2.05, 4.69) is 48.4 Å². The first kappa shape index (κ1) is 25.8.